The quantitative estimate of drug-likeness (QED) is 0.399. The van der Waals surface area contributed by atoms with Gasteiger partial charge in [-0.15, -0.1) is 0 Å². The lowest BCUT2D eigenvalue weighted by molar-refractivity contribution is -0.132. The molecule has 0 spiro atoms. The van der Waals surface area contributed by atoms with Gasteiger partial charge >= 0.3 is 5.97 Å². The van der Waals surface area contributed by atoms with Crippen LogP contribution in [0, 0.1) is 0 Å². The molecular weight excluding hydrogens is 420 g/mol. The Morgan fingerprint density at radius 2 is 1.61 bits per heavy atom. The van der Waals surface area contributed by atoms with Gasteiger partial charge in [0.2, 0.25) is 15.9 Å². The molecule has 0 radical (unpaired) electrons. The topological polar surface area (TPSA) is 101 Å². The van der Waals surface area contributed by atoms with Crippen molar-refractivity contribution in [3.63, 3.8) is 0 Å². The van der Waals surface area contributed by atoms with Gasteiger partial charge in [0.1, 0.15) is 11.8 Å². The number of amides is 2. The van der Waals surface area contributed by atoms with Gasteiger partial charge in [0.25, 0.3) is 5.91 Å². The fourth-order valence-electron chi connectivity index (χ4n) is 3.60. The highest BCUT2D eigenvalue weighted by Crippen LogP contribution is 2.34. The Morgan fingerprint density at radius 3 is 2.13 bits per heavy atom. The third-order valence-electron chi connectivity index (χ3n) is 4.72. The minimum Gasteiger partial charge on any atom is -0.427 e. The van der Waals surface area contributed by atoms with Crippen LogP contribution in [0.15, 0.2) is 59.5 Å². The molecule has 9 heteroatoms. The van der Waals surface area contributed by atoms with E-state index >= 15 is 0 Å². The molecule has 31 heavy (non-hydrogen) atoms. The lowest BCUT2D eigenvalue weighted by atomic mass is 10.1. The number of benzene rings is 2. The standard InChI is InChI=1S/C22H24N2O6S/c1-15(25)30-17-12-10-16(11-13-17)23-20(26)14-19(21(23)27)24(22(2,3)4)31(28,29)18-8-6-5-7-9-18/h5-13,19H,14H2,1-4H3. The van der Waals surface area contributed by atoms with Crippen molar-refractivity contribution in [2.45, 2.75) is 50.6 Å². The number of anilines is 1. The summed E-state index contributed by atoms with van der Waals surface area (Å²) in [5.74, 6) is -1.35. The summed E-state index contributed by atoms with van der Waals surface area (Å²) in [5.41, 5.74) is -0.677. The number of carbonyl (C=O) groups is 3. The number of carbonyl (C=O) groups excluding carboxylic acids is 3. The lowest BCUT2D eigenvalue weighted by Crippen LogP contribution is -2.54. The van der Waals surface area contributed by atoms with Crippen LogP contribution in [0.1, 0.15) is 34.1 Å². The Hall–Kier alpha value is -3.04. The predicted octanol–water partition coefficient (Wildman–Crippen LogP) is 2.73. The maximum atomic E-state index is 13.4. The second-order valence-electron chi connectivity index (χ2n) is 8.16. The molecule has 1 atom stereocenters. The van der Waals surface area contributed by atoms with Crippen molar-refractivity contribution < 1.29 is 27.5 Å². The third kappa shape index (κ3) is 4.52. The van der Waals surface area contributed by atoms with Crippen molar-refractivity contribution in [3.8, 4) is 5.75 Å². The second-order valence-corrected chi connectivity index (χ2v) is 9.97. The molecule has 1 saturated heterocycles. The summed E-state index contributed by atoms with van der Waals surface area (Å²) in [7, 11) is -4.05. The Balaban J connectivity index is 1.97. The maximum absolute atomic E-state index is 13.4. The molecular formula is C22H24N2O6S. The van der Waals surface area contributed by atoms with Crippen molar-refractivity contribution in [2.75, 3.05) is 4.90 Å². The molecule has 2 aromatic carbocycles. The molecule has 2 amide bonds. The minimum atomic E-state index is -4.05. The average molecular weight is 445 g/mol. The summed E-state index contributed by atoms with van der Waals surface area (Å²) in [6.07, 6.45) is -0.270. The van der Waals surface area contributed by atoms with E-state index in [0.717, 1.165) is 9.21 Å². The highest BCUT2D eigenvalue weighted by atomic mass is 32.2. The van der Waals surface area contributed by atoms with Crippen molar-refractivity contribution >= 4 is 33.5 Å². The summed E-state index contributed by atoms with van der Waals surface area (Å²) >= 11 is 0. The van der Waals surface area contributed by atoms with Crippen molar-refractivity contribution in [2.24, 2.45) is 0 Å². The Morgan fingerprint density at radius 1 is 1.03 bits per heavy atom. The summed E-state index contributed by atoms with van der Waals surface area (Å²) in [6, 6.07) is 12.5. The maximum Gasteiger partial charge on any atom is 0.308 e. The summed E-state index contributed by atoms with van der Waals surface area (Å²) < 4.78 is 32.9. The predicted molar refractivity (Wildman–Crippen MR) is 114 cm³/mol. The minimum absolute atomic E-state index is 0.0503. The molecule has 0 aromatic heterocycles. The number of esters is 1. The highest BCUT2D eigenvalue weighted by Gasteiger charge is 2.50. The number of imide groups is 1. The number of sulfonamides is 1. The van der Waals surface area contributed by atoms with Crippen LogP contribution < -0.4 is 9.64 Å². The second kappa shape index (κ2) is 8.24. The molecule has 1 unspecified atom stereocenters. The number of rotatable bonds is 5. The van der Waals surface area contributed by atoms with Crippen molar-refractivity contribution in [3.05, 3.63) is 54.6 Å². The van der Waals surface area contributed by atoms with Gasteiger partial charge < -0.3 is 4.74 Å². The van der Waals surface area contributed by atoms with Crippen LogP contribution in [0.2, 0.25) is 0 Å². The monoisotopic (exact) mass is 444 g/mol. The zero-order valence-electron chi connectivity index (χ0n) is 17.7. The van der Waals surface area contributed by atoms with E-state index in [1.165, 1.54) is 43.3 Å². The van der Waals surface area contributed by atoms with Crippen LogP contribution in [-0.4, -0.2) is 42.1 Å². The normalized spacial score (nSPS) is 17.3. The van der Waals surface area contributed by atoms with Crippen LogP contribution in [0.4, 0.5) is 5.69 Å². The molecule has 2 aromatic rings. The first-order valence-corrected chi connectivity index (χ1v) is 11.1. The van der Waals surface area contributed by atoms with E-state index in [0.29, 0.717) is 0 Å². The molecule has 164 valence electrons. The van der Waals surface area contributed by atoms with Gasteiger partial charge in [-0.25, -0.2) is 13.3 Å². The molecule has 0 aliphatic carbocycles. The Kier molecular flexibility index (Phi) is 6.02. The van der Waals surface area contributed by atoms with Gasteiger partial charge in [0.15, 0.2) is 0 Å². The van der Waals surface area contributed by atoms with Gasteiger partial charge in [0, 0.05) is 12.5 Å². The summed E-state index contributed by atoms with van der Waals surface area (Å²) in [6.45, 7) is 6.31. The van der Waals surface area contributed by atoms with Gasteiger partial charge in [-0.05, 0) is 57.2 Å². The Labute approximate surface area is 181 Å². The number of hydrogen-bond donors (Lipinski definition) is 0. The summed E-state index contributed by atoms with van der Waals surface area (Å²) in [4.78, 5) is 38.1. The number of hydrogen-bond acceptors (Lipinski definition) is 6. The molecule has 0 saturated carbocycles. The van der Waals surface area contributed by atoms with E-state index in [2.05, 4.69) is 0 Å². The van der Waals surface area contributed by atoms with Crippen LogP contribution >= 0.6 is 0 Å². The first-order chi connectivity index (χ1) is 14.4. The molecule has 3 rings (SSSR count). The van der Waals surface area contributed by atoms with Crippen LogP contribution in [0.3, 0.4) is 0 Å². The third-order valence-corrected chi connectivity index (χ3v) is 6.91. The average Bonchev–Trinajstić information content (AvgIpc) is 2.95. The molecule has 0 N–H and O–H groups in total. The van der Waals surface area contributed by atoms with E-state index in [1.54, 1.807) is 39.0 Å². The molecule has 1 heterocycles. The van der Waals surface area contributed by atoms with Crippen molar-refractivity contribution in [1.29, 1.82) is 0 Å². The van der Waals surface area contributed by atoms with Crippen LogP contribution in [0.5, 0.6) is 5.75 Å². The molecule has 1 aliphatic rings. The van der Waals surface area contributed by atoms with E-state index in [1.807, 2.05) is 0 Å². The van der Waals surface area contributed by atoms with E-state index in [-0.39, 0.29) is 22.8 Å². The van der Waals surface area contributed by atoms with Crippen LogP contribution in [0.25, 0.3) is 0 Å². The van der Waals surface area contributed by atoms with Gasteiger partial charge in [-0.3, -0.25) is 14.4 Å². The zero-order chi connectivity index (χ0) is 23.0. The summed E-state index contributed by atoms with van der Waals surface area (Å²) in [5, 5.41) is 0. The van der Waals surface area contributed by atoms with Crippen LogP contribution in [-0.2, 0) is 24.4 Å². The first kappa shape index (κ1) is 22.6. The zero-order valence-corrected chi connectivity index (χ0v) is 18.5. The highest BCUT2D eigenvalue weighted by molar-refractivity contribution is 7.89. The fourth-order valence-corrected chi connectivity index (χ4v) is 5.55. The van der Waals surface area contributed by atoms with Crippen molar-refractivity contribution in [1.82, 2.24) is 4.31 Å². The fraction of sp³-hybridized carbons (Fsp3) is 0.318. The van der Waals surface area contributed by atoms with E-state index in [9.17, 15) is 22.8 Å². The molecule has 0 bridgehead atoms. The molecule has 8 nitrogen and oxygen atoms in total. The van der Waals surface area contributed by atoms with Gasteiger partial charge in [-0.1, -0.05) is 18.2 Å². The smallest absolute Gasteiger partial charge is 0.308 e. The largest absolute Gasteiger partial charge is 0.427 e. The number of ether oxygens (including phenoxy) is 1. The van der Waals surface area contributed by atoms with E-state index < -0.39 is 39.4 Å². The molecule has 1 fully saturated rings. The van der Waals surface area contributed by atoms with Gasteiger partial charge in [-0.2, -0.15) is 4.31 Å². The first-order valence-electron chi connectivity index (χ1n) is 9.68. The number of nitrogens with zero attached hydrogens (tertiary/aromatic N) is 2. The lowest BCUT2D eigenvalue weighted by Gasteiger charge is -2.37. The van der Waals surface area contributed by atoms with Gasteiger partial charge in [0.05, 0.1) is 17.0 Å². The van der Waals surface area contributed by atoms with E-state index in [4.69, 9.17) is 4.74 Å². The Bertz CT molecular complexity index is 1100. The SMILES string of the molecule is CC(=O)Oc1ccc(N2C(=O)CC(N(C(C)(C)C)S(=O)(=O)c3ccccc3)C2=O)cc1. The molecule has 1 aliphatic heterocycles.